The fourth-order valence-corrected chi connectivity index (χ4v) is 3.06. The molecule has 2 aliphatic heterocycles. The van der Waals surface area contributed by atoms with Crippen molar-refractivity contribution in [1.29, 1.82) is 0 Å². The standard InChI is InChI=1S/C16H22N2O2/c1-12-4-5-15-13(9-12)3-2-7-18(15)16(19)10-14-11-20-8-6-17-14/h4-5,9,14,17H,2-3,6-8,10-11H2,1H3. The zero-order valence-corrected chi connectivity index (χ0v) is 12.0. The lowest BCUT2D eigenvalue weighted by Gasteiger charge is -2.32. The Kier molecular flexibility index (Phi) is 4.03. The number of carbonyl (C=O) groups excluding carboxylic acids is 1. The lowest BCUT2D eigenvalue weighted by Crippen LogP contribution is -2.46. The SMILES string of the molecule is Cc1ccc2c(c1)CCCN2C(=O)CC1COCCN1. The molecule has 0 spiro atoms. The predicted molar refractivity (Wildman–Crippen MR) is 79.1 cm³/mol. The van der Waals surface area contributed by atoms with Crippen molar-refractivity contribution in [3.05, 3.63) is 29.3 Å². The van der Waals surface area contributed by atoms with E-state index in [1.807, 2.05) is 4.90 Å². The number of hydrogen-bond donors (Lipinski definition) is 1. The Morgan fingerprint density at radius 3 is 3.20 bits per heavy atom. The Morgan fingerprint density at radius 1 is 1.50 bits per heavy atom. The highest BCUT2D eigenvalue weighted by molar-refractivity contribution is 5.95. The number of anilines is 1. The molecule has 0 radical (unpaired) electrons. The summed E-state index contributed by atoms with van der Waals surface area (Å²) >= 11 is 0. The maximum absolute atomic E-state index is 12.5. The first-order valence-electron chi connectivity index (χ1n) is 7.45. The highest BCUT2D eigenvalue weighted by Crippen LogP contribution is 2.28. The molecule has 1 amide bonds. The average Bonchev–Trinajstić information content (AvgIpc) is 2.47. The fraction of sp³-hybridized carbons (Fsp3) is 0.562. The molecule has 1 aromatic rings. The number of ether oxygens (including phenoxy) is 1. The number of nitrogens with zero attached hydrogens (tertiary/aromatic N) is 1. The Labute approximate surface area is 120 Å². The van der Waals surface area contributed by atoms with Gasteiger partial charge in [0.15, 0.2) is 0 Å². The molecule has 1 N–H and O–H groups in total. The van der Waals surface area contributed by atoms with Crippen molar-refractivity contribution in [2.45, 2.75) is 32.2 Å². The van der Waals surface area contributed by atoms with Crippen molar-refractivity contribution in [1.82, 2.24) is 5.32 Å². The van der Waals surface area contributed by atoms with Gasteiger partial charge in [0.25, 0.3) is 0 Å². The van der Waals surface area contributed by atoms with Crippen LogP contribution in [0.5, 0.6) is 0 Å². The maximum Gasteiger partial charge on any atom is 0.228 e. The van der Waals surface area contributed by atoms with Crippen LogP contribution in [0.2, 0.25) is 0 Å². The summed E-state index contributed by atoms with van der Waals surface area (Å²) in [5, 5.41) is 3.35. The zero-order valence-electron chi connectivity index (χ0n) is 12.0. The van der Waals surface area contributed by atoms with E-state index in [0.29, 0.717) is 13.0 Å². The molecule has 2 aliphatic rings. The maximum atomic E-state index is 12.5. The first kappa shape index (κ1) is 13.6. The number of nitrogens with one attached hydrogen (secondary N) is 1. The second kappa shape index (κ2) is 5.94. The van der Waals surface area contributed by atoms with Crippen LogP contribution < -0.4 is 10.2 Å². The van der Waals surface area contributed by atoms with E-state index >= 15 is 0 Å². The number of aryl methyl sites for hydroxylation is 2. The number of carbonyl (C=O) groups is 1. The van der Waals surface area contributed by atoms with E-state index in [-0.39, 0.29) is 11.9 Å². The highest BCUT2D eigenvalue weighted by Gasteiger charge is 2.25. The third-order valence-electron chi connectivity index (χ3n) is 4.07. The van der Waals surface area contributed by atoms with Gasteiger partial charge in [-0.15, -0.1) is 0 Å². The van der Waals surface area contributed by atoms with Crippen molar-refractivity contribution in [2.75, 3.05) is 31.2 Å². The van der Waals surface area contributed by atoms with Crippen LogP contribution in [-0.4, -0.2) is 38.3 Å². The molecule has 3 rings (SSSR count). The minimum atomic E-state index is 0.159. The number of benzene rings is 1. The Bertz CT molecular complexity index is 495. The molecule has 0 bridgehead atoms. The van der Waals surface area contributed by atoms with Gasteiger partial charge in [-0.1, -0.05) is 17.7 Å². The molecule has 4 nitrogen and oxygen atoms in total. The molecule has 1 aromatic carbocycles. The van der Waals surface area contributed by atoms with Crippen LogP contribution in [0.3, 0.4) is 0 Å². The summed E-state index contributed by atoms with van der Waals surface area (Å²) < 4.78 is 5.42. The van der Waals surface area contributed by atoms with Gasteiger partial charge in [-0.25, -0.2) is 0 Å². The summed E-state index contributed by atoms with van der Waals surface area (Å²) in [6.07, 6.45) is 2.65. The summed E-state index contributed by atoms with van der Waals surface area (Å²) in [6.45, 7) is 5.16. The molecule has 1 saturated heterocycles. The number of rotatable bonds is 2. The Balaban J connectivity index is 1.72. The first-order valence-corrected chi connectivity index (χ1v) is 7.45. The molecule has 0 saturated carbocycles. The molecule has 1 unspecified atom stereocenters. The van der Waals surface area contributed by atoms with Gasteiger partial charge in [0.05, 0.1) is 13.2 Å². The van der Waals surface area contributed by atoms with Crippen molar-refractivity contribution in [3.8, 4) is 0 Å². The van der Waals surface area contributed by atoms with Crippen LogP contribution in [0, 0.1) is 6.92 Å². The number of hydrogen-bond acceptors (Lipinski definition) is 3. The molecular weight excluding hydrogens is 252 g/mol. The second-order valence-corrected chi connectivity index (χ2v) is 5.71. The van der Waals surface area contributed by atoms with E-state index < -0.39 is 0 Å². The third-order valence-corrected chi connectivity index (χ3v) is 4.07. The summed E-state index contributed by atoms with van der Waals surface area (Å²) in [5.41, 5.74) is 3.67. The topological polar surface area (TPSA) is 41.6 Å². The van der Waals surface area contributed by atoms with E-state index in [4.69, 9.17) is 4.74 Å². The van der Waals surface area contributed by atoms with Crippen molar-refractivity contribution >= 4 is 11.6 Å². The molecule has 4 heteroatoms. The van der Waals surface area contributed by atoms with E-state index in [0.717, 1.165) is 38.2 Å². The van der Waals surface area contributed by atoms with Crippen LogP contribution in [0.15, 0.2) is 18.2 Å². The quantitative estimate of drug-likeness (QED) is 0.891. The predicted octanol–water partition coefficient (Wildman–Crippen LogP) is 1.65. The molecular formula is C16H22N2O2. The van der Waals surface area contributed by atoms with Gasteiger partial charge >= 0.3 is 0 Å². The molecule has 2 heterocycles. The monoisotopic (exact) mass is 274 g/mol. The molecule has 20 heavy (non-hydrogen) atoms. The normalized spacial score (nSPS) is 22.4. The van der Waals surface area contributed by atoms with Crippen LogP contribution >= 0.6 is 0 Å². The Morgan fingerprint density at radius 2 is 2.40 bits per heavy atom. The van der Waals surface area contributed by atoms with E-state index in [1.165, 1.54) is 11.1 Å². The minimum Gasteiger partial charge on any atom is -0.378 e. The lowest BCUT2D eigenvalue weighted by atomic mass is 9.99. The van der Waals surface area contributed by atoms with Crippen LogP contribution in [0.1, 0.15) is 24.0 Å². The lowest BCUT2D eigenvalue weighted by molar-refractivity contribution is -0.119. The average molecular weight is 274 g/mol. The smallest absolute Gasteiger partial charge is 0.228 e. The van der Waals surface area contributed by atoms with Crippen molar-refractivity contribution < 1.29 is 9.53 Å². The largest absolute Gasteiger partial charge is 0.378 e. The van der Waals surface area contributed by atoms with E-state index in [1.54, 1.807) is 0 Å². The summed E-state index contributed by atoms with van der Waals surface area (Å²) in [5.74, 6) is 0.206. The van der Waals surface area contributed by atoms with Crippen LogP contribution in [0.4, 0.5) is 5.69 Å². The summed E-state index contributed by atoms with van der Waals surface area (Å²) in [7, 11) is 0. The molecule has 1 atom stereocenters. The second-order valence-electron chi connectivity index (χ2n) is 5.71. The van der Waals surface area contributed by atoms with Gasteiger partial charge in [-0.2, -0.15) is 0 Å². The summed E-state index contributed by atoms with van der Waals surface area (Å²) in [6, 6.07) is 6.54. The number of fused-ring (bicyclic) bond motifs is 1. The fourth-order valence-electron chi connectivity index (χ4n) is 3.06. The van der Waals surface area contributed by atoms with Crippen LogP contribution in [0.25, 0.3) is 0 Å². The first-order chi connectivity index (χ1) is 9.74. The van der Waals surface area contributed by atoms with Gasteiger partial charge in [-0.3, -0.25) is 4.79 Å². The van der Waals surface area contributed by atoms with Gasteiger partial charge < -0.3 is 15.0 Å². The summed E-state index contributed by atoms with van der Waals surface area (Å²) in [4.78, 5) is 14.5. The van der Waals surface area contributed by atoms with Gasteiger partial charge in [-0.05, 0) is 31.4 Å². The van der Waals surface area contributed by atoms with E-state index in [2.05, 4.69) is 30.4 Å². The van der Waals surface area contributed by atoms with Crippen LogP contribution in [-0.2, 0) is 16.0 Å². The number of morpholine rings is 1. The molecule has 1 fully saturated rings. The minimum absolute atomic E-state index is 0.159. The van der Waals surface area contributed by atoms with Crippen molar-refractivity contribution in [3.63, 3.8) is 0 Å². The number of amides is 1. The van der Waals surface area contributed by atoms with Gasteiger partial charge in [0, 0.05) is 31.2 Å². The molecule has 0 aliphatic carbocycles. The van der Waals surface area contributed by atoms with Crippen molar-refractivity contribution in [2.24, 2.45) is 0 Å². The highest BCUT2D eigenvalue weighted by atomic mass is 16.5. The third kappa shape index (κ3) is 2.86. The van der Waals surface area contributed by atoms with Gasteiger partial charge in [0.1, 0.15) is 0 Å². The Hall–Kier alpha value is -1.39. The van der Waals surface area contributed by atoms with E-state index in [9.17, 15) is 4.79 Å². The molecule has 0 aromatic heterocycles. The zero-order chi connectivity index (χ0) is 13.9. The van der Waals surface area contributed by atoms with Gasteiger partial charge in [0.2, 0.25) is 5.91 Å². The molecule has 108 valence electrons.